The maximum absolute atomic E-state index is 12.7. The van der Waals surface area contributed by atoms with Gasteiger partial charge in [0.05, 0.1) is 14.2 Å². The highest BCUT2D eigenvalue weighted by Gasteiger charge is 2.23. The van der Waals surface area contributed by atoms with Crippen molar-refractivity contribution in [1.29, 1.82) is 0 Å². The molecule has 26 heavy (non-hydrogen) atoms. The van der Waals surface area contributed by atoms with Crippen molar-refractivity contribution in [2.24, 2.45) is 0 Å². The van der Waals surface area contributed by atoms with Crippen molar-refractivity contribution in [2.45, 2.75) is 12.8 Å². The summed E-state index contributed by atoms with van der Waals surface area (Å²) in [6.07, 6.45) is 4.87. The van der Waals surface area contributed by atoms with Crippen LogP contribution < -0.4 is 9.47 Å². The molecule has 0 radical (unpaired) electrons. The molecule has 5 nitrogen and oxygen atoms in total. The Balaban J connectivity index is 1.88. The molecule has 0 bridgehead atoms. The van der Waals surface area contributed by atoms with Crippen LogP contribution in [0, 0.1) is 0 Å². The number of benzene rings is 2. The van der Waals surface area contributed by atoms with E-state index in [4.69, 9.17) is 9.47 Å². The molecule has 2 N–H and O–H groups in total. The third kappa shape index (κ3) is 3.72. The fourth-order valence-electron chi connectivity index (χ4n) is 2.92. The molecule has 2 aromatic carbocycles. The molecular weight excluding hydrogens is 332 g/mol. The van der Waals surface area contributed by atoms with Crippen LogP contribution in [0.5, 0.6) is 23.0 Å². The molecule has 0 atom stereocenters. The minimum absolute atomic E-state index is 0.0145. The summed E-state index contributed by atoms with van der Waals surface area (Å²) in [7, 11) is 3.17. The van der Waals surface area contributed by atoms with E-state index in [1.54, 1.807) is 32.4 Å². The van der Waals surface area contributed by atoms with Crippen molar-refractivity contribution in [1.82, 2.24) is 0 Å². The van der Waals surface area contributed by atoms with Gasteiger partial charge in [-0.1, -0.05) is 6.07 Å². The second-order valence-corrected chi connectivity index (χ2v) is 6.06. The first kappa shape index (κ1) is 17.6. The average molecular weight is 352 g/mol. The van der Waals surface area contributed by atoms with Gasteiger partial charge in [-0.05, 0) is 60.4 Å². The minimum atomic E-state index is -0.205. The molecule has 1 saturated carbocycles. The van der Waals surface area contributed by atoms with E-state index in [-0.39, 0.29) is 17.3 Å². The number of carbonyl (C=O) groups is 1. The molecule has 0 aromatic heterocycles. The third-order valence-corrected chi connectivity index (χ3v) is 4.30. The molecule has 1 aliphatic carbocycles. The number of ether oxygens (including phenoxy) is 2. The van der Waals surface area contributed by atoms with E-state index in [0.717, 1.165) is 11.1 Å². The molecular formula is C21H20O5. The lowest BCUT2D eigenvalue weighted by Gasteiger charge is -2.06. The molecule has 3 rings (SSSR count). The first-order chi connectivity index (χ1) is 12.5. The average Bonchev–Trinajstić information content (AvgIpc) is 2.97. The summed E-state index contributed by atoms with van der Waals surface area (Å²) in [5, 5.41) is 19.0. The molecule has 0 spiro atoms. The van der Waals surface area contributed by atoms with E-state index < -0.39 is 0 Å². The number of phenols is 2. The quantitative estimate of drug-likeness (QED) is 0.644. The van der Waals surface area contributed by atoms with E-state index in [0.29, 0.717) is 35.5 Å². The number of hydrogen-bond donors (Lipinski definition) is 2. The van der Waals surface area contributed by atoms with Gasteiger partial charge in [0.1, 0.15) is 11.5 Å². The molecule has 134 valence electrons. The van der Waals surface area contributed by atoms with Gasteiger partial charge in [-0.25, -0.2) is 0 Å². The van der Waals surface area contributed by atoms with Crippen LogP contribution in [0.2, 0.25) is 0 Å². The van der Waals surface area contributed by atoms with Gasteiger partial charge in [0, 0.05) is 17.2 Å². The third-order valence-electron chi connectivity index (χ3n) is 4.30. The summed E-state index contributed by atoms with van der Waals surface area (Å²) >= 11 is 0. The molecule has 0 unspecified atom stereocenters. The van der Waals surface area contributed by atoms with Gasteiger partial charge in [-0.15, -0.1) is 0 Å². The van der Waals surface area contributed by atoms with Crippen LogP contribution >= 0.6 is 0 Å². The number of rotatable bonds is 4. The molecule has 0 heterocycles. The Morgan fingerprint density at radius 1 is 0.808 bits per heavy atom. The normalized spacial score (nSPS) is 17.1. The van der Waals surface area contributed by atoms with Crippen LogP contribution in [0.15, 0.2) is 47.5 Å². The maximum Gasteiger partial charge on any atom is 0.185 e. The van der Waals surface area contributed by atoms with Crippen molar-refractivity contribution in [3.63, 3.8) is 0 Å². The topological polar surface area (TPSA) is 76.0 Å². The zero-order chi connectivity index (χ0) is 18.7. The Bertz CT molecular complexity index is 886. The Morgan fingerprint density at radius 3 is 1.92 bits per heavy atom. The lowest BCUT2D eigenvalue weighted by atomic mass is 10.1. The van der Waals surface area contributed by atoms with Gasteiger partial charge in [0.15, 0.2) is 17.3 Å². The van der Waals surface area contributed by atoms with Crippen molar-refractivity contribution >= 4 is 17.9 Å². The first-order valence-corrected chi connectivity index (χ1v) is 8.21. The number of carbonyl (C=O) groups excluding carboxylic acids is 1. The standard InChI is InChI=1S/C21H20O5/c1-25-17-9-14(10-18(12-17)26-2)8-16-5-4-15(21(16)24)7-13-3-6-19(22)20(23)11-13/h3,6-12,22-23H,4-5H2,1-2H3. The SMILES string of the molecule is COc1cc(C=C2CCC(=Cc3ccc(O)c(O)c3)C2=O)cc(OC)c1. The fraction of sp³-hybridized carbons (Fsp3) is 0.190. The van der Waals surface area contributed by atoms with Gasteiger partial charge >= 0.3 is 0 Å². The van der Waals surface area contributed by atoms with Gasteiger partial charge in [0.25, 0.3) is 0 Å². The van der Waals surface area contributed by atoms with Crippen LogP contribution in [0.25, 0.3) is 12.2 Å². The number of methoxy groups -OCH3 is 2. The van der Waals surface area contributed by atoms with E-state index in [1.807, 2.05) is 18.2 Å². The largest absolute Gasteiger partial charge is 0.504 e. The van der Waals surface area contributed by atoms with E-state index in [9.17, 15) is 15.0 Å². The predicted octanol–water partition coefficient (Wildman–Crippen LogP) is 3.94. The molecule has 5 heteroatoms. The number of hydrogen-bond acceptors (Lipinski definition) is 5. The lowest BCUT2D eigenvalue weighted by Crippen LogP contribution is -1.96. The van der Waals surface area contributed by atoms with Gasteiger partial charge in [-0.3, -0.25) is 4.79 Å². The van der Waals surface area contributed by atoms with Crippen LogP contribution in [0.1, 0.15) is 24.0 Å². The number of allylic oxidation sites excluding steroid dienone is 2. The molecule has 1 aliphatic rings. The van der Waals surface area contributed by atoms with Crippen LogP contribution in [0.3, 0.4) is 0 Å². The summed E-state index contributed by atoms with van der Waals surface area (Å²) in [4.78, 5) is 12.7. The first-order valence-electron chi connectivity index (χ1n) is 8.21. The van der Waals surface area contributed by atoms with Crippen molar-refractivity contribution in [3.8, 4) is 23.0 Å². The summed E-state index contributed by atoms with van der Waals surface area (Å²) < 4.78 is 10.5. The highest BCUT2D eigenvalue weighted by molar-refractivity contribution is 6.15. The highest BCUT2D eigenvalue weighted by Crippen LogP contribution is 2.32. The Hall–Kier alpha value is -3.21. The number of aromatic hydroxyl groups is 2. The second-order valence-electron chi connectivity index (χ2n) is 6.06. The van der Waals surface area contributed by atoms with Crippen LogP contribution in [0.4, 0.5) is 0 Å². The zero-order valence-electron chi connectivity index (χ0n) is 14.7. The summed E-state index contributed by atoms with van der Waals surface area (Å²) in [6.45, 7) is 0. The Labute approximate surface area is 151 Å². The van der Waals surface area contributed by atoms with Crippen molar-refractivity contribution in [3.05, 3.63) is 58.7 Å². The smallest absolute Gasteiger partial charge is 0.185 e. The fourth-order valence-corrected chi connectivity index (χ4v) is 2.92. The van der Waals surface area contributed by atoms with Gasteiger partial charge < -0.3 is 19.7 Å². The summed E-state index contributed by atoms with van der Waals surface area (Å²) in [5.41, 5.74) is 2.91. The molecule has 2 aromatic rings. The van der Waals surface area contributed by atoms with Gasteiger partial charge in [-0.2, -0.15) is 0 Å². The van der Waals surface area contributed by atoms with E-state index in [1.165, 1.54) is 12.1 Å². The highest BCUT2D eigenvalue weighted by atomic mass is 16.5. The second kappa shape index (κ2) is 7.35. The van der Waals surface area contributed by atoms with Crippen molar-refractivity contribution in [2.75, 3.05) is 14.2 Å². The van der Waals surface area contributed by atoms with E-state index in [2.05, 4.69) is 0 Å². The zero-order valence-corrected chi connectivity index (χ0v) is 14.7. The van der Waals surface area contributed by atoms with E-state index >= 15 is 0 Å². The summed E-state index contributed by atoms with van der Waals surface area (Å²) in [6, 6.07) is 9.97. The minimum Gasteiger partial charge on any atom is -0.504 e. The number of ketones is 1. The van der Waals surface area contributed by atoms with Crippen molar-refractivity contribution < 1.29 is 24.5 Å². The molecule has 0 saturated heterocycles. The lowest BCUT2D eigenvalue weighted by molar-refractivity contribution is -0.111. The monoisotopic (exact) mass is 352 g/mol. The van der Waals surface area contributed by atoms with Crippen LogP contribution in [-0.2, 0) is 4.79 Å². The molecule has 0 amide bonds. The Kier molecular flexibility index (Phi) is 4.98. The number of Topliss-reactive ketones (excluding diaryl/α,β-unsaturated/α-hetero) is 1. The maximum atomic E-state index is 12.7. The predicted molar refractivity (Wildman–Crippen MR) is 99.5 cm³/mol. The number of phenolic OH excluding ortho intramolecular Hbond substituents is 2. The Morgan fingerprint density at radius 2 is 1.38 bits per heavy atom. The van der Waals surface area contributed by atoms with Gasteiger partial charge in [0.2, 0.25) is 0 Å². The summed E-state index contributed by atoms with van der Waals surface area (Å²) in [5.74, 6) is 0.926. The molecule has 1 fully saturated rings. The molecule has 0 aliphatic heterocycles. The van der Waals surface area contributed by atoms with Crippen LogP contribution in [-0.4, -0.2) is 30.2 Å².